The van der Waals surface area contributed by atoms with Gasteiger partial charge in [-0.15, -0.1) is 0 Å². The molecule has 5 nitrogen and oxygen atoms in total. The lowest BCUT2D eigenvalue weighted by molar-refractivity contribution is -0.136. The van der Waals surface area contributed by atoms with Crippen molar-refractivity contribution >= 4 is 16.0 Å². The molecule has 6 heteroatoms. The van der Waals surface area contributed by atoms with Crippen LogP contribution in [0.2, 0.25) is 0 Å². The molecule has 0 saturated carbocycles. The summed E-state index contributed by atoms with van der Waals surface area (Å²) >= 11 is 0. The van der Waals surface area contributed by atoms with Gasteiger partial charge >= 0.3 is 5.97 Å². The van der Waals surface area contributed by atoms with E-state index in [0.717, 1.165) is 5.56 Å². The second-order valence-corrected chi connectivity index (χ2v) is 6.06. The third-order valence-electron chi connectivity index (χ3n) is 2.89. The highest BCUT2D eigenvalue weighted by Gasteiger charge is 2.21. The topological polar surface area (TPSA) is 74.7 Å². The Bertz CT molecular complexity index is 518. The summed E-state index contributed by atoms with van der Waals surface area (Å²) in [5, 5.41) is 8.59. The van der Waals surface area contributed by atoms with Gasteiger partial charge in [0.1, 0.15) is 0 Å². The van der Waals surface area contributed by atoms with Crippen molar-refractivity contribution in [1.82, 2.24) is 4.31 Å². The Morgan fingerprint density at radius 1 is 1.16 bits per heavy atom. The molecule has 0 radical (unpaired) electrons. The van der Waals surface area contributed by atoms with E-state index in [-0.39, 0.29) is 11.3 Å². The van der Waals surface area contributed by atoms with Gasteiger partial charge in [-0.05, 0) is 24.1 Å². The number of benzene rings is 1. The highest BCUT2D eigenvalue weighted by Crippen LogP contribution is 2.16. The summed E-state index contributed by atoms with van der Waals surface area (Å²) in [7, 11) is -3.43. The Morgan fingerprint density at radius 2 is 1.68 bits per heavy atom. The van der Waals surface area contributed by atoms with E-state index < -0.39 is 16.0 Å². The van der Waals surface area contributed by atoms with Crippen LogP contribution in [0.3, 0.4) is 0 Å². The maximum Gasteiger partial charge on any atom is 0.303 e. The van der Waals surface area contributed by atoms with Crippen LogP contribution >= 0.6 is 0 Å². The van der Waals surface area contributed by atoms with Crippen LogP contribution in [0, 0.1) is 0 Å². The number of hydrogen-bond donors (Lipinski definition) is 1. The second-order valence-electron chi connectivity index (χ2n) is 4.13. The van der Waals surface area contributed by atoms with Crippen LogP contribution in [0.5, 0.6) is 0 Å². The Kier molecular flexibility index (Phi) is 5.50. The maximum atomic E-state index is 12.2. The molecule has 0 unspecified atom stereocenters. The average Bonchev–Trinajstić information content (AvgIpc) is 2.38. The van der Waals surface area contributed by atoms with Crippen LogP contribution in [-0.4, -0.2) is 36.9 Å². The largest absolute Gasteiger partial charge is 0.481 e. The predicted molar refractivity (Wildman–Crippen MR) is 72.5 cm³/mol. The first-order valence-electron chi connectivity index (χ1n) is 6.22. The third-order valence-corrected chi connectivity index (χ3v) is 4.96. The summed E-state index contributed by atoms with van der Waals surface area (Å²) in [5.74, 6) is -0.861. The molecular formula is C13H19NO4S. The van der Waals surface area contributed by atoms with Crippen molar-refractivity contribution < 1.29 is 18.3 Å². The fourth-order valence-corrected chi connectivity index (χ4v) is 3.25. The van der Waals surface area contributed by atoms with Crippen molar-refractivity contribution in [3.05, 3.63) is 29.8 Å². The third kappa shape index (κ3) is 4.04. The number of carboxylic acid groups (broad SMARTS) is 1. The number of nitrogens with zero attached hydrogens (tertiary/aromatic N) is 1. The number of sulfonamides is 1. The van der Waals surface area contributed by atoms with Crippen LogP contribution in [0.1, 0.15) is 25.8 Å². The number of rotatable bonds is 7. The van der Waals surface area contributed by atoms with Crippen LogP contribution in [0.15, 0.2) is 29.2 Å². The summed E-state index contributed by atoms with van der Waals surface area (Å²) in [6.07, 6.45) is 0.447. The maximum absolute atomic E-state index is 12.2. The molecule has 1 aromatic carbocycles. The van der Waals surface area contributed by atoms with E-state index in [1.165, 1.54) is 16.4 Å². The van der Waals surface area contributed by atoms with Crippen molar-refractivity contribution in [2.45, 2.75) is 31.6 Å². The van der Waals surface area contributed by atoms with Crippen LogP contribution < -0.4 is 0 Å². The van der Waals surface area contributed by atoms with Gasteiger partial charge in [-0.3, -0.25) is 4.79 Å². The summed E-state index contributed by atoms with van der Waals surface area (Å²) in [6, 6.07) is 6.40. The van der Waals surface area contributed by atoms with E-state index in [9.17, 15) is 13.2 Å². The molecule has 1 rings (SSSR count). The summed E-state index contributed by atoms with van der Waals surface area (Å²) in [5.41, 5.74) is 0.820. The van der Waals surface area contributed by atoms with E-state index >= 15 is 0 Å². The van der Waals surface area contributed by atoms with Crippen molar-refractivity contribution in [3.63, 3.8) is 0 Å². The molecular weight excluding hydrogens is 266 g/mol. The number of hydrogen-bond acceptors (Lipinski definition) is 3. The van der Waals surface area contributed by atoms with Crippen LogP contribution in [0.25, 0.3) is 0 Å². The molecule has 0 aliphatic rings. The molecule has 19 heavy (non-hydrogen) atoms. The van der Waals surface area contributed by atoms with E-state index in [2.05, 4.69) is 0 Å². The molecule has 0 amide bonds. The van der Waals surface area contributed by atoms with Crippen molar-refractivity contribution in [2.24, 2.45) is 0 Å². The van der Waals surface area contributed by atoms with Gasteiger partial charge in [-0.1, -0.05) is 26.0 Å². The lowest BCUT2D eigenvalue weighted by Gasteiger charge is -2.18. The molecule has 1 aromatic rings. The molecule has 0 heterocycles. The monoisotopic (exact) mass is 285 g/mol. The number of aryl methyl sites for hydroxylation is 1. The molecule has 1 N–H and O–H groups in total. The summed E-state index contributed by atoms with van der Waals surface area (Å²) in [4.78, 5) is 10.7. The molecule has 0 aliphatic carbocycles. The van der Waals surface area contributed by atoms with Gasteiger partial charge in [0.2, 0.25) is 10.0 Å². The Balaban J connectivity index is 2.89. The minimum absolute atomic E-state index is 0.0438. The van der Waals surface area contributed by atoms with Gasteiger partial charge in [-0.25, -0.2) is 8.42 Å². The zero-order chi connectivity index (χ0) is 14.5. The van der Waals surface area contributed by atoms with Crippen molar-refractivity contribution in [2.75, 3.05) is 13.1 Å². The number of carboxylic acids is 1. The highest BCUT2D eigenvalue weighted by atomic mass is 32.2. The van der Waals surface area contributed by atoms with E-state index in [0.29, 0.717) is 19.5 Å². The quantitative estimate of drug-likeness (QED) is 0.828. The molecule has 106 valence electrons. The molecule has 0 aromatic heterocycles. The zero-order valence-electron chi connectivity index (χ0n) is 11.2. The standard InChI is InChI=1S/C13H19NO4S/c1-3-14(4-2)19(17,18)12-8-5-11(6-9-12)7-10-13(15)16/h5-6,8-9H,3-4,7,10H2,1-2H3,(H,15,16). The molecule has 0 fully saturated rings. The lowest BCUT2D eigenvalue weighted by atomic mass is 10.1. The van der Waals surface area contributed by atoms with Crippen LogP contribution in [0.4, 0.5) is 0 Å². The summed E-state index contributed by atoms with van der Waals surface area (Å²) in [6.45, 7) is 4.45. The second kappa shape index (κ2) is 6.68. The first kappa shape index (κ1) is 15.7. The molecule has 0 atom stereocenters. The smallest absolute Gasteiger partial charge is 0.303 e. The zero-order valence-corrected chi connectivity index (χ0v) is 12.0. The SMILES string of the molecule is CCN(CC)S(=O)(=O)c1ccc(CCC(=O)O)cc1. The van der Waals surface area contributed by atoms with Gasteiger partial charge in [0, 0.05) is 19.5 Å². The first-order chi connectivity index (χ1) is 8.91. The van der Waals surface area contributed by atoms with E-state index in [1.807, 2.05) is 0 Å². The fourth-order valence-electron chi connectivity index (χ4n) is 1.79. The lowest BCUT2D eigenvalue weighted by Crippen LogP contribution is -2.30. The molecule has 0 saturated heterocycles. The fraction of sp³-hybridized carbons (Fsp3) is 0.462. The van der Waals surface area contributed by atoms with Gasteiger partial charge in [-0.2, -0.15) is 4.31 Å². The van der Waals surface area contributed by atoms with Gasteiger partial charge in [0.15, 0.2) is 0 Å². The highest BCUT2D eigenvalue weighted by molar-refractivity contribution is 7.89. The van der Waals surface area contributed by atoms with Crippen molar-refractivity contribution in [1.29, 1.82) is 0 Å². The number of aliphatic carboxylic acids is 1. The normalized spacial score (nSPS) is 11.7. The van der Waals surface area contributed by atoms with Gasteiger partial charge in [0.05, 0.1) is 4.90 Å². The first-order valence-corrected chi connectivity index (χ1v) is 7.66. The molecule has 0 bridgehead atoms. The Morgan fingerprint density at radius 3 is 2.11 bits per heavy atom. The molecule has 0 spiro atoms. The van der Waals surface area contributed by atoms with Crippen LogP contribution in [-0.2, 0) is 21.2 Å². The Labute approximate surface area is 113 Å². The molecule has 0 aliphatic heterocycles. The van der Waals surface area contributed by atoms with Crippen molar-refractivity contribution in [3.8, 4) is 0 Å². The summed E-state index contributed by atoms with van der Waals surface area (Å²) < 4.78 is 25.8. The van der Waals surface area contributed by atoms with Gasteiger partial charge < -0.3 is 5.11 Å². The number of carbonyl (C=O) groups is 1. The van der Waals surface area contributed by atoms with E-state index in [4.69, 9.17) is 5.11 Å². The minimum Gasteiger partial charge on any atom is -0.481 e. The minimum atomic E-state index is -3.43. The van der Waals surface area contributed by atoms with Gasteiger partial charge in [0.25, 0.3) is 0 Å². The Hall–Kier alpha value is -1.40. The predicted octanol–water partition coefficient (Wildman–Crippen LogP) is 1.73. The van der Waals surface area contributed by atoms with E-state index in [1.54, 1.807) is 26.0 Å². The average molecular weight is 285 g/mol.